The van der Waals surface area contributed by atoms with Crippen LogP contribution in [0.25, 0.3) is 17.0 Å². The molecule has 4 rings (SSSR count). The molecule has 0 aliphatic heterocycles. The van der Waals surface area contributed by atoms with Crippen LogP contribution in [0.4, 0.5) is 0 Å². The number of aromatic nitrogens is 4. The highest BCUT2D eigenvalue weighted by Gasteiger charge is 2.38. The first-order valence-corrected chi connectivity index (χ1v) is 9.99. The number of fused-ring (bicyclic) bond motifs is 4. The zero-order valence-corrected chi connectivity index (χ0v) is 16.7. The summed E-state index contributed by atoms with van der Waals surface area (Å²) in [6.07, 6.45) is 1.76. The monoisotopic (exact) mass is 368 g/mol. The SMILES string of the molecule is CC[C@]1(C)Cc2ccccc2-c2nc3n(C)nc(SC(C)C)n3c(=O)c21. The lowest BCUT2D eigenvalue weighted by atomic mass is 9.69. The summed E-state index contributed by atoms with van der Waals surface area (Å²) >= 11 is 1.60. The van der Waals surface area contributed by atoms with E-state index < -0.39 is 0 Å². The van der Waals surface area contributed by atoms with E-state index in [-0.39, 0.29) is 11.0 Å². The van der Waals surface area contributed by atoms with Gasteiger partial charge in [-0.1, -0.05) is 63.7 Å². The number of nitrogens with zero attached hydrogens (tertiary/aromatic N) is 4. The lowest BCUT2D eigenvalue weighted by Gasteiger charge is -2.34. The second kappa shape index (κ2) is 5.98. The van der Waals surface area contributed by atoms with Gasteiger partial charge in [-0.25, -0.2) is 14.1 Å². The van der Waals surface area contributed by atoms with Crippen LogP contribution in [0.3, 0.4) is 0 Å². The van der Waals surface area contributed by atoms with Crippen molar-refractivity contribution in [3.8, 4) is 11.3 Å². The zero-order chi connectivity index (χ0) is 18.6. The van der Waals surface area contributed by atoms with Crippen LogP contribution in [0, 0.1) is 0 Å². The first-order chi connectivity index (χ1) is 12.4. The van der Waals surface area contributed by atoms with Crippen molar-refractivity contribution in [3.63, 3.8) is 0 Å². The number of aryl methyl sites for hydroxylation is 1. The normalized spacial score (nSPS) is 19.0. The molecule has 5 nitrogen and oxygen atoms in total. The second-order valence-corrected chi connectivity index (χ2v) is 9.14. The largest absolute Gasteiger partial charge is 0.268 e. The summed E-state index contributed by atoms with van der Waals surface area (Å²) in [6.45, 7) is 8.55. The Morgan fingerprint density at radius 2 is 2.04 bits per heavy atom. The van der Waals surface area contributed by atoms with Crippen LogP contribution in [0.15, 0.2) is 34.2 Å². The number of benzene rings is 1. The maximum absolute atomic E-state index is 13.6. The van der Waals surface area contributed by atoms with Crippen molar-refractivity contribution in [2.75, 3.05) is 0 Å². The summed E-state index contributed by atoms with van der Waals surface area (Å²) in [5, 5.41) is 5.63. The summed E-state index contributed by atoms with van der Waals surface area (Å²) in [5.41, 5.74) is 3.80. The summed E-state index contributed by atoms with van der Waals surface area (Å²) < 4.78 is 3.41. The molecule has 0 spiro atoms. The molecule has 1 atom stereocenters. The molecule has 0 fully saturated rings. The van der Waals surface area contributed by atoms with Gasteiger partial charge in [0.1, 0.15) is 0 Å². The molecule has 0 bridgehead atoms. The Bertz CT molecular complexity index is 1070. The van der Waals surface area contributed by atoms with Gasteiger partial charge in [0.05, 0.1) is 11.3 Å². The van der Waals surface area contributed by atoms with Gasteiger partial charge < -0.3 is 0 Å². The van der Waals surface area contributed by atoms with Gasteiger partial charge in [0.2, 0.25) is 5.78 Å². The predicted molar refractivity (Wildman–Crippen MR) is 106 cm³/mol. The first kappa shape index (κ1) is 17.3. The van der Waals surface area contributed by atoms with E-state index in [2.05, 4.69) is 51.0 Å². The molecule has 1 aromatic carbocycles. The number of rotatable bonds is 3. The summed E-state index contributed by atoms with van der Waals surface area (Å²) in [7, 11) is 1.85. The van der Waals surface area contributed by atoms with E-state index >= 15 is 0 Å². The smallest absolute Gasteiger partial charge is 0.265 e. The highest BCUT2D eigenvalue weighted by molar-refractivity contribution is 7.99. The number of thioether (sulfide) groups is 1. The minimum Gasteiger partial charge on any atom is -0.268 e. The molecule has 0 saturated heterocycles. The molecule has 1 aliphatic rings. The van der Waals surface area contributed by atoms with E-state index in [9.17, 15) is 4.79 Å². The summed E-state index contributed by atoms with van der Waals surface area (Å²) in [6, 6.07) is 8.31. The van der Waals surface area contributed by atoms with Crippen LogP contribution in [0.2, 0.25) is 0 Å². The molecular formula is C20H24N4OS. The van der Waals surface area contributed by atoms with Crippen molar-refractivity contribution in [1.29, 1.82) is 0 Å². The van der Waals surface area contributed by atoms with Crippen LogP contribution < -0.4 is 5.56 Å². The first-order valence-electron chi connectivity index (χ1n) is 9.11. The van der Waals surface area contributed by atoms with Gasteiger partial charge in [0.15, 0.2) is 5.16 Å². The number of hydrogen-bond donors (Lipinski definition) is 0. The van der Waals surface area contributed by atoms with E-state index in [4.69, 9.17) is 4.98 Å². The average molecular weight is 369 g/mol. The Kier molecular flexibility index (Phi) is 3.99. The van der Waals surface area contributed by atoms with Gasteiger partial charge >= 0.3 is 0 Å². The molecule has 0 N–H and O–H groups in total. The lowest BCUT2D eigenvalue weighted by Crippen LogP contribution is -2.37. The van der Waals surface area contributed by atoms with Crippen molar-refractivity contribution in [3.05, 3.63) is 45.7 Å². The molecule has 3 aromatic rings. The second-order valence-electron chi connectivity index (χ2n) is 7.60. The van der Waals surface area contributed by atoms with Crippen LogP contribution in [0.1, 0.15) is 45.2 Å². The molecule has 6 heteroatoms. The van der Waals surface area contributed by atoms with E-state index in [1.165, 1.54) is 5.56 Å². The predicted octanol–water partition coefficient (Wildman–Crippen LogP) is 3.82. The van der Waals surface area contributed by atoms with Gasteiger partial charge in [0.25, 0.3) is 5.56 Å². The third-order valence-corrected chi connectivity index (χ3v) is 6.31. The van der Waals surface area contributed by atoms with Gasteiger partial charge in [0, 0.05) is 23.3 Å². The van der Waals surface area contributed by atoms with Crippen LogP contribution >= 0.6 is 11.8 Å². The quantitative estimate of drug-likeness (QED) is 0.660. The van der Waals surface area contributed by atoms with Crippen LogP contribution in [0.5, 0.6) is 0 Å². The van der Waals surface area contributed by atoms with Crippen molar-refractivity contribution in [2.24, 2.45) is 7.05 Å². The Hall–Kier alpha value is -2.08. The average Bonchev–Trinajstić information content (AvgIpc) is 2.90. The van der Waals surface area contributed by atoms with E-state index in [1.807, 2.05) is 13.1 Å². The highest BCUT2D eigenvalue weighted by atomic mass is 32.2. The molecule has 0 saturated carbocycles. The highest BCUT2D eigenvalue weighted by Crippen LogP contribution is 2.42. The zero-order valence-electron chi connectivity index (χ0n) is 15.9. The molecule has 2 aromatic heterocycles. The van der Waals surface area contributed by atoms with Crippen molar-refractivity contribution in [2.45, 2.75) is 56.4 Å². The third kappa shape index (κ3) is 2.42. The van der Waals surface area contributed by atoms with Crippen LogP contribution in [-0.2, 0) is 18.9 Å². The molecule has 2 heterocycles. The minimum absolute atomic E-state index is 0.0279. The summed E-state index contributed by atoms with van der Waals surface area (Å²) in [4.78, 5) is 18.6. The Labute approximate surface area is 157 Å². The molecule has 0 radical (unpaired) electrons. The van der Waals surface area contributed by atoms with Gasteiger partial charge in [-0.15, -0.1) is 5.10 Å². The fourth-order valence-electron chi connectivity index (χ4n) is 3.86. The van der Waals surface area contributed by atoms with E-state index in [0.29, 0.717) is 11.0 Å². The molecule has 0 amide bonds. The maximum Gasteiger partial charge on any atom is 0.265 e. The van der Waals surface area contributed by atoms with E-state index in [0.717, 1.165) is 34.8 Å². The van der Waals surface area contributed by atoms with Crippen molar-refractivity contribution < 1.29 is 0 Å². The fraction of sp³-hybridized carbons (Fsp3) is 0.450. The van der Waals surface area contributed by atoms with E-state index in [1.54, 1.807) is 20.8 Å². The lowest BCUT2D eigenvalue weighted by molar-refractivity contribution is 0.439. The van der Waals surface area contributed by atoms with Crippen LogP contribution in [-0.4, -0.2) is 24.4 Å². The Balaban J connectivity index is 2.12. The van der Waals surface area contributed by atoms with Gasteiger partial charge in [-0.05, 0) is 18.4 Å². The maximum atomic E-state index is 13.6. The summed E-state index contributed by atoms with van der Waals surface area (Å²) in [5.74, 6) is 0.604. The molecule has 0 unspecified atom stereocenters. The van der Waals surface area contributed by atoms with Crippen molar-refractivity contribution >= 4 is 17.5 Å². The van der Waals surface area contributed by atoms with Gasteiger partial charge in [-0.2, -0.15) is 0 Å². The molecule has 1 aliphatic carbocycles. The molecule has 136 valence electrons. The van der Waals surface area contributed by atoms with Gasteiger partial charge in [-0.3, -0.25) is 4.79 Å². The molecule has 26 heavy (non-hydrogen) atoms. The topological polar surface area (TPSA) is 52.2 Å². The Morgan fingerprint density at radius 1 is 1.31 bits per heavy atom. The number of hydrogen-bond acceptors (Lipinski definition) is 4. The minimum atomic E-state index is -0.218. The fourth-order valence-corrected chi connectivity index (χ4v) is 4.72. The van der Waals surface area contributed by atoms with Crippen molar-refractivity contribution in [1.82, 2.24) is 19.2 Å². The Morgan fingerprint density at radius 3 is 2.73 bits per heavy atom. The standard InChI is InChI=1S/C20H24N4OS/c1-6-20(4)11-13-9-7-8-10-14(13)16-15(20)17(25)24-18(21-16)23(5)22-19(24)26-12(2)3/h7-10,12H,6,11H2,1-5H3/t20-/m1/s1. The third-order valence-electron chi connectivity index (χ3n) is 5.36. The molecular weight excluding hydrogens is 344 g/mol.